The molecule has 3 aromatic rings. The zero-order valence-corrected chi connectivity index (χ0v) is 17.8. The van der Waals surface area contributed by atoms with Crippen LogP contribution in [0.2, 0.25) is 5.02 Å². The number of benzene rings is 1. The molecule has 160 valence electrons. The van der Waals surface area contributed by atoms with E-state index in [1.807, 2.05) is 0 Å². The lowest BCUT2D eigenvalue weighted by molar-refractivity contribution is -0.122. The van der Waals surface area contributed by atoms with Gasteiger partial charge >= 0.3 is 0 Å². The van der Waals surface area contributed by atoms with Crippen molar-refractivity contribution < 1.29 is 14.3 Å². The van der Waals surface area contributed by atoms with Crippen LogP contribution in [0.15, 0.2) is 47.4 Å². The second-order valence-corrected chi connectivity index (χ2v) is 8.04. The van der Waals surface area contributed by atoms with E-state index in [1.165, 1.54) is 12.3 Å². The number of halogens is 1. The molecule has 1 amide bonds. The molecule has 7 nitrogen and oxygen atoms in total. The third-order valence-electron chi connectivity index (χ3n) is 5.26. The molecule has 0 radical (unpaired) electrons. The van der Waals surface area contributed by atoms with Crippen molar-refractivity contribution in [2.75, 3.05) is 13.2 Å². The first-order valence-electron chi connectivity index (χ1n) is 10.1. The average molecular weight is 440 g/mol. The lowest BCUT2D eigenvalue weighted by Crippen LogP contribution is -2.34. The van der Waals surface area contributed by atoms with Gasteiger partial charge in [0.05, 0.1) is 17.1 Å². The molecule has 0 spiro atoms. The summed E-state index contributed by atoms with van der Waals surface area (Å²) in [5.41, 5.74) is 0.906. The number of ketones is 1. The molecule has 31 heavy (non-hydrogen) atoms. The Kier molecular flexibility index (Phi) is 6.15. The summed E-state index contributed by atoms with van der Waals surface area (Å²) in [6, 6.07) is 9.76. The molecule has 1 aliphatic rings. The summed E-state index contributed by atoms with van der Waals surface area (Å²) in [4.78, 5) is 43.1. The molecule has 0 saturated carbocycles. The van der Waals surface area contributed by atoms with Gasteiger partial charge in [0.2, 0.25) is 11.3 Å². The van der Waals surface area contributed by atoms with Crippen LogP contribution in [0.1, 0.15) is 34.5 Å². The Labute approximate surface area is 184 Å². The number of aryl methyl sites for hydroxylation is 1. The van der Waals surface area contributed by atoms with E-state index in [4.69, 9.17) is 16.3 Å². The van der Waals surface area contributed by atoms with E-state index in [0.717, 1.165) is 12.8 Å². The van der Waals surface area contributed by atoms with Gasteiger partial charge in [-0.1, -0.05) is 23.7 Å². The summed E-state index contributed by atoms with van der Waals surface area (Å²) in [5.74, 6) is -0.701. The van der Waals surface area contributed by atoms with Crippen molar-refractivity contribution in [2.45, 2.75) is 32.4 Å². The second-order valence-electron chi connectivity index (χ2n) is 7.60. The molecule has 3 heterocycles. The van der Waals surface area contributed by atoms with Crippen molar-refractivity contribution in [3.8, 4) is 0 Å². The zero-order chi connectivity index (χ0) is 22.0. The van der Waals surface area contributed by atoms with Crippen LogP contribution in [0, 0.1) is 6.92 Å². The summed E-state index contributed by atoms with van der Waals surface area (Å²) in [5, 5.41) is 3.55. The molecule has 1 N–H and O–H groups in total. The standard InChI is InChI=1S/C23H22ClN3O4/c1-14-7-8-18-22(30)19(21(29)15-4-2-5-16(24)10-15)12-27(23(18)26-14)13-20(28)25-11-17-6-3-9-31-17/h2,4-5,7-8,10,12,17H,3,6,9,11,13H2,1H3,(H,25,28). The molecule has 2 aromatic heterocycles. The van der Waals surface area contributed by atoms with Gasteiger partial charge in [-0.3, -0.25) is 14.4 Å². The van der Waals surface area contributed by atoms with E-state index in [2.05, 4.69) is 10.3 Å². The van der Waals surface area contributed by atoms with E-state index in [1.54, 1.807) is 41.8 Å². The lowest BCUT2D eigenvalue weighted by atomic mass is 10.0. The maximum absolute atomic E-state index is 13.1. The lowest BCUT2D eigenvalue weighted by Gasteiger charge is -2.14. The number of pyridine rings is 2. The number of aromatic nitrogens is 2. The molecule has 1 aliphatic heterocycles. The van der Waals surface area contributed by atoms with Gasteiger partial charge < -0.3 is 14.6 Å². The fraction of sp³-hybridized carbons (Fsp3) is 0.304. The molecule has 8 heteroatoms. The maximum Gasteiger partial charge on any atom is 0.240 e. The molecule has 0 aliphatic carbocycles. The number of nitrogens with zero attached hydrogens (tertiary/aromatic N) is 2. The van der Waals surface area contributed by atoms with Gasteiger partial charge in [0.15, 0.2) is 5.78 Å². The molecule has 1 saturated heterocycles. The van der Waals surface area contributed by atoms with Crippen molar-refractivity contribution in [1.29, 1.82) is 0 Å². The number of fused-ring (bicyclic) bond motifs is 1. The largest absolute Gasteiger partial charge is 0.376 e. The first-order chi connectivity index (χ1) is 14.9. The highest BCUT2D eigenvalue weighted by molar-refractivity contribution is 6.31. The molecule has 1 aromatic carbocycles. The Morgan fingerprint density at radius 2 is 2.13 bits per heavy atom. The van der Waals surface area contributed by atoms with Crippen molar-refractivity contribution in [2.24, 2.45) is 0 Å². The second kappa shape index (κ2) is 8.99. The molecular formula is C23H22ClN3O4. The molecule has 1 fully saturated rings. The first-order valence-corrected chi connectivity index (χ1v) is 10.5. The van der Waals surface area contributed by atoms with Crippen molar-refractivity contribution in [3.05, 3.63) is 74.7 Å². The van der Waals surface area contributed by atoms with Gasteiger partial charge in [-0.2, -0.15) is 0 Å². The summed E-state index contributed by atoms with van der Waals surface area (Å²) < 4.78 is 7.08. The number of ether oxygens (including phenoxy) is 1. The summed E-state index contributed by atoms with van der Waals surface area (Å²) in [7, 11) is 0. The van der Waals surface area contributed by atoms with Crippen LogP contribution in [-0.2, 0) is 16.1 Å². The quantitative estimate of drug-likeness (QED) is 0.596. The molecule has 4 rings (SSSR count). The van der Waals surface area contributed by atoms with E-state index >= 15 is 0 Å². The molecular weight excluding hydrogens is 418 g/mol. The van der Waals surface area contributed by atoms with Gasteiger partial charge in [-0.05, 0) is 44.0 Å². The van der Waals surface area contributed by atoms with Crippen molar-refractivity contribution in [3.63, 3.8) is 0 Å². The van der Waals surface area contributed by atoms with Crippen molar-refractivity contribution in [1.82, 2.24) is 14.9 Å². The topological polar surface area (TPSA) is 90.3 Å². The van der Waals surface area contributed by atoms with Crippen LogP contribution < -0.4 is 10.7 Å². The molecule has 1 unspecified atom stereocenters. The minimum Gasteiger partial charge on any atom is -0.376 e. The Bertz CT molecular complexity index is 1220. The third-order valence-corrected chi connectivity index (χ3v) is 5.49. The van der Waals surface area contributed by atoms with Crippen LogP contribution in [0.4, 0.5) is 0 Å². The molecule has 1 atom stereocenters. The third kappa shape index (κ3) is 4.68. The number of carbonyl (C=O) groups excluding carboxylic acids is 2. The Morgan fingerprint density at radius 1 is 1.29 bits per heavy atom. The van der Waals surface area contributed by atoms with Crippen LogP contribution in [0.3, 0.4) is 0 Å². The van der Waals surface area contributed by atoms with E-state index < -0.39 is 11.2 Å². The average Bonchev–Trinajstić information content (AvgIpc) is 3.27. The summed E-state index contributed by atoms with van der Waals surface area (Å²) in [6.07, 6.45) is 3.34. The monoisotopic (exact) mass is 439 g/mol. The van der Waals surface area contributed by atoms with Gasteiger partial charge in [-0.15, -0.1) is 0 Å². The van der Waals surface area contributed by atoms with Crippen LogP contribution in [-0.4, -0.2) is 40.5 Å². The number of rotatable bonds is 6. The van der Waals surface area contributed by atoms with Crippen LogP contribution in [0.5, 0.6) is 0 Å². The Morgan fingerprint density at radius 3 is 2.87 bits per heavy atom. The van der Waals surface area contributed by atoms with E-state index in [9.17, 15) is 14.4 Å². The van der Waals surface area contributed by atoms with Gasteiger partial charge in [0, 0.05) is 35.6 Å². The number of nitrogens with one attached hydrogen (secondary N) is 1. The fourth-order valence-electron chi connectivity index (χ4n) is 3.67. The van der Waals surface area contributed by atoms with Gasteiger partial charge in [0.25, 0.3) is 0 Å². The highest BCUT2D eigenvalue weighted by atomic mass is 35.5. The van der Waals surface area contributed by atoms with E-state index in [0.29, 0.717) is 35.1 Å². The van der Waals surface area contributed by atoms with Gasteiger partial charge in [-0.25, -0.2) is 4.98 Å². The number of hydrogen-bond acceptors (Lipinski definition) is 5. The van der Waals surface area contributed by atoms with Crippen LogP contribution in [0.25, 0.3) is 11.0 Å². The smallest absolute Gasteiger partial charge is 0.240 e. The predicted octanol–water partition coefficient (Wildman–Crippen LogP) is 2.88. The van der Waals surface area contributed by atoms with Gasteiger partial charge in [0.1, 0.15) is 12.2 Å². The number of hydrogen-bond donors (Lipinski definition) is 1. The fourth-order valence-corrected chi connectivity index (χ4v) is 3.86. The summed E-state index contributed by atoms with van der Waals surface area (Å²) in [6.45, 7) is 2.87. The summed E-state index contributed by atoms with van der Waals surface area (Å²) >= 11 is 6.01. The molecule has 0 bridgehead atoms. The number of amides is 1. The number of carbonyl (C=O) groups is 2. The minimum absolute atomic E-state index is 0.0232. The van der Waals surface area contributed by atoms with Crippen molar-refractivity contribution >= 4 is 34.3 Å². The minimum atomic E-state index is -0.455. The maximum atomic E-state index is 13.1. The highest BCUT2D eigenvalue weighted by Gasteiger charge is 2.20. The Balaban J connectivity index is 1.70. The normalized spacial score (nSPS) is 15.9. The van der Waals surface area contributed by atoms with Crippen LogP contribution >= 0.6 is 11.6 Å². The Hall–Kier alpha value is -3.03. The highest BCUT2D eigenvalue weighted by Crippen LogP contribution is 2.17. The predicted molar refractivity (Wildman–Crippen MR) is 118 cm³/mol. The SMILES string of the molecule is Cc1ccc2c(=O)c(C(=O)c3cccc(Cl)c3)cn(CC(=O)NCC3CCCO3)c2n1. The zero-order valence-electron chi connectivity index (χ0n) is 17.1. The first kappa shape index (κ1) is 21.2. The van der Waals surface area contributed by atoms with E-state index in [-0.39, 0.29) is 29.5 Å².